The molecule has 0 radical (unpaired) electrons. The fraction of sp³-hybridized carbons (Fsp3) is 0.562. The van der Waals surface area contributed by atoms with Crippen LogP contribution in [0.5, 0.6) is 0 Å². The average Bonchev–Trinajstić information content (AvgIpc) is 2.47. The van der Waals surface area contributed by atoms with E-state index in [-0.39, 0.29) is 24.0 Å². The van der Waals surface area contributed by atoms with Crippen molar-refractivity contribution >= 4 is 29.9 Å². The Kier molecular flexibility index (Phi) is 12.4. The quantitative estimate of drug-likeness (QED) is 0.302. The lowest BCUT2D eigenvalue weighted by Crippen LogP contribution is -2.37. The third kappa shape index (κ3) is 8.26. The van der Waals surface area contributed by atoms with Crippen LogP contribution < -0.4 is 10.6 Å². The van der Waals surface area contributed by atoms with Gasteiger partial charge < -0.3 is 15.4 Å². The van der Waals surface area contributed by atoms with Gasteiger partial charge in [-0.1, -0.05) is 31.2 Å². The Labute approximate surface area is 145 Å². The molecule has 21 heavy (non-hydrogen) atoms. The van der Waals surface area contributed by atoms with Crippen LogP contribution in [0, 0.1) is 0 Å². The first-order chi connectivity index (χ1) is 9.81. The summed E-state index contributed by atoms with van der Waals surface area (Å²) in [6, 6.07) is 8.33. The monoisotopic (exact) mass is 405 g/mol. The summed E-state index contributed by atoms with van der Waals surface area (Å²) < 4.78 is 5.63. The minimum atomic E-state index is 0. The summed E-state index contributed by atoms with van der Waals surface area (Å²) in [4.78, 5) is 4.60. The fourth-order valence-corrected chi connectivity index (χ4v) is 1.85. The summed E-state index contributed by atoms with van der Waals surface area (Å²) in [6.07, 6.45) is 1.05. The number of guanidine groups is 1. The molecule has 0 spiro atoms. The van der Waals surface area contributed by atoms with Crippen molar-refractivity contribution < 1.29 is 4.74 Å². The number of hydrogen-bond donors (Lipinski definition) is 2. The van der Waals surface area contributed by atoms with Gasteiger partial charge in [-0.15, -0.1) is 24.0 Å². The molecule has 0 aliphatic heterocycles. The highest BCUT2D eigenvalue weighted by atomic mass is 127. The highest BCUT2D eigenvalue weighted by molar-refractivity contribution is 14.0. The Hall–Kier alpha value is -0.820. The number of benzene rings is 1. The zero-order chi connectivity index (χ0) is 14.6. The van der Waals surface area contributed by atoms with Gasteiger partial charge in [-0.25, -0.2) is 4.99 Å². The van der Waals surface area contributed by atoms with Crippen LogP contribution in [0.2, 0.25) is 0 Å². The predicted octanol–water partition coefficient (Wildman–Crippen LogP) is 3.31. The summed E-state index contributed by atoms with van der Waals surface area (Å²) >= 11 is 0. The number of ether oxygens (including phenoxy) is 1. The zero-order valence-electron chi connectivity index (χ0n) is 13.3. The average molecular weight is 405 g/mol. The molecule has 120 valence electrons. The second-order valence-corrected chi connectivity index (χ2v) is 4.55. The van der Waals surface area contributed by atoms with Gasteiger partial charge in [0.05, 0.1) is 13.2 Å². The first-order valence-corrected chi connectivity index (χ1v) is 7.48. The lowest BCUT2D eigenvalue weighted by atomic mass is 10.1. The lowest BCUT2D eigenvalue weighted by Gasteiger charge is -2.11. The van der Waals surface area contributed by atoms with E-state index in [1.165, 1.54) is 11.1 Å². The maximum atomic E-state index is 5.63. The molecular weight excluding hydrogens is 377 g/mol. The van der Waals surface area contributed by atoms with Gasteiger partial charge in [0.2, 0.25) is 0 Å². The molecule has 0 aliphatic carbocycles. The molecule has 0 saturated carbocycles. The maximum Gasteiger partial charge on any atom is 0.191 e. The first kappa shape index (κ1) is 20.2. The minimum absolute atomic E-state index is 0. The Balaban J connectivity index is 0.00000400. The first-order valence-electron chi connectivity index (χ1n) is 7.48. The van der Waals surface area contributed by atoms with Gasteiger partial charge in [0.1, 0.15) is 0 Å². The van der Waals surface area contributed by atoms with Crippen molar-refractivity contribution in [1.82, 2.24) is 10.6 Å². The number of rotatable bonds is 8. The highest BCUT2D eigenvalue weighted by Crippen LogP contribution is 2.11. The van der Waals surface area contributed by atoms with Gasteiger partial charge in [0, 0.05) is 19.7 Å². The van der Waals surface area contributed by atoms with E-state index in [2.05, 4.69) is 48.5 Å². The molecule has 1 aromatic carbocycles. The van der Waals surface area contributed by atoms with Crippen LogP contribution in [-0.2, 0) is 17.9 Å². The van der Waals surface area contributed by atoms with E-state index < -0.39 is 0 Å². The Morgan fingerprint density at radius 1 is 1.05 bits per heavy atom. The third-order valence-corrected chi connectivity index (χ3v) is 2.82. The van der Waals surface area contributed by atoms with E-state index in [4.69, 9.17) is 4.74 Å². The lowest BCUT2D eigenvalue weighted by molar-refractivity contribution is 0.121. The molecule has 0 saturated heterocycles. The second-order valence-electron chi connectivity index (χ2n) is 4.55. The molecule has 0 aliphatic rings. The van der Waals surface area contributed by atoms with Gasteiger partial charge in [-0.05, 0) is 31.4 Å². The highest BCUT2D eigenvalue weighted by Gasteiger charge is 2.02. The van der Waals surface area contributed by atoms with E-state index in [1.54, 1.807) is 0 Å². The summed E-state index contributed by atoms with van der Waals surface area (Å²) in [5, 5.41) is 6.47. The van der Waals surface area contributed by atoms with Gasteiger partial charge in [0.15, 0.2) is 5.96 Å². The molecule has 0 amide bonds. The van der Waals surface area contributed by atoms with Crippen molar-refractivity contribution in [3.8, 4) is 0 Å². The molecule has 1 aromatic rings. The molecular formula is C16H28IN3O. The minimum Gasteiger partial charge on any atom is -0.377 e. The van der Waals surface area contributed by atoms with Crippen LogP contribution in [0.15, 0.2) is 29.3 Å². The van der Waals surface area contributed by atoms with Gasteiger partial charge in [-0.3, -0.25) is 0 Å². The number of nitrogens with one attached hydrogen (secondary N) is 2. The number of hydrogen-bond acceptors (Lipinski definition) is 2. The molecule has 0 unspecified atom stereocenters. The van der Waals surface area contributed by atoms with Crippen LogP contribution >= 0.6 is 24.0 Å². The van der Waals surface area contributed by atoms with Crippen molar-refractivity contribution in [3.05, 3.63) is 35.4 Å². The number of halogens is 1. The smallest absolute Gasteiger partial charge is 0.191 e. The van der Waals surface area contributed by atoms with E-state index >= 15 is 0 Å². The largest absolute Gasteiger partial charge is 0.377 e. The van der Waals surface area contributed by atoms with E-state index in [0.29, 0.717) is 13.2 Å². The molecule has 1 rings (SSSR count). The van der Waals surface area contributed by atoms with Crippen LogP contribution in [0.3, 0.4) is 0 Å². The Morgan fingerprint density at radius 2 is 1.67 bits per heavy atom. The van der Waals surface area contributed by atoms with Crippen LogP contribution in [0.1, 0.15) is 38.3 Å². The molecule has 0 atom stereocenters. The van der Waals surface area contributed by atoms with Gasteiger partial charge in [0.25, 0.3) is 0 Å². The van der Waals surface area contributed by atoms with E-state index in [9.17, 15) is 0 Å². The van der Waals surface area contributed by atoms with E-state index in [0.717, 1.165) is 32.1 Å². The molecule has 0 bridgehead atoms. The van der Waals surface area contributed by atoms with Gasteiger partial charge >= 0.3 is 0 Å². The third-order valence-electron chi connectivity index (χ3n) is 2.82. The van der Waals surface area contributed by atoms with Crippen LogP contribution in [-0.4, -0.2) is 25.7 Å². The van der Waals surface area contributed by atoms with Crippen molar-refractivity contribution in [3.63, 3.8) is 0 Å². The second kappa shape index (κ2) is 12.9. The zero-order valence-corrected chi connectivity index (χ0v) is 15.6. The molecule has 0 aromatic heterocycles. The van der Waals surface area contributed by atoms with Crippen molar-refractivity contribution in [2.24, 2.45) is 4.99 Å². The predicted molar refractivity (Wildman–Crippen MR) is 100 cm³/mol. The Morgan fingerprint density at radius 3 is 2.24 bits per heavy atom. The van der Waals surface area contributed by atoms with Crippen molar-refractivity contribution in [2.45, 2.75) is 40.3 Å². The van der Waals surface area contributed by atoms with Crippen molar-refractivity contribution in [2.75, 3.05) is 19.7 Å². The number of nitrogens with zero attached hydrogens (tertiary/aromatic N) is 1. The van der Waals surface area contributed by atoms with Crippen molar-refractivity contribution in [1.29, 1.82) is 0 Å². The molecule has 2 N–H and O–H groups in total. The van der Waals surface area contributed by atoms with Crippen LogP contribution in [0.4, 0.5) is 0 Å². The maximum absolute atomic E-state index is 5.63. The molecule has 0 heterocycles. The SMILES string of the molecule is CCCOCc1ccccc1CN=C(NCC)NCC.I. The number of aliphatic imine (C=N–C) groups is 1. The summed E-state index contributed by atoms with van der Waals surface area (Å²) in [5.41, 5.74) is 2.44. The molecule has 0 fully saturated rings. The molecule has 5 heteroatoms. The van der Waals surface area contributed by atoms with Gasteiger partial charge in [-0.2, -0.15) is 0 Å². The van der Waals surface area contributed by atoms with Crippen LogP contribution in [0.25, 0.3) is 0 Å². The standard InChI is InChI=1S/C16H27N3O.HI/c1-4-11-20-13-15-10-8-7-9-14(15)12-19-16(17-5-2)18-6-3;/h7-10H,4-6,11-13H2,1-3H3,(H2,17,18,19);1H. The summed E-state index contributed by atoms with van der Waals surface area (Å²) in [6.45, 7) is 10.1. The topological polar surface area (TPSA) is 45.6 Å². The summed E-state index contributed by atoms with van der Waals surface area (Å²) in [5.74, 6) is 0.860. The van der Waals surface area contributed by atoms with E-state index in [1.807, 2.05) is 12.1 Å². The summed E-state index contributed by atoms with van der Waals surface area (Å²) in [7, 11) is 0. The fourth-order valence-electron chi connectivity index (χ4n) is 1.85. The Bertz CT molecular complexity index is 402. The molecule has 4 nitrogen and oxygen atoms in total. The normalized spacial score (nSPS) is 9.67.